The maximum absolute atomic E-state index is 8.71. The van der Waals surface area contributed by atoms with Crippen LogP contribution in [0.3, 0.4) is 0 Å². The average molecular weight is 200 g/mol. The van der Waals surface area contributed by atoms with Crippen LogP contribution in [0.15, 0.2) is 12.1 Å². The molecule has 0 saturated heterocycles. The smallest absolute Gasteiger partial charge is 0.127 e. The predicted octanol–water partition coefficient (Wildman–Crippen LogP) is 2.14. The molecule has 0 aliphatic rings. The van der Waals surface area contributed by atoms with Crippen molar-refractivity contribution < 1.29 is 4.74 Å². The molecule has 0 bridgehead atoms. The van der Waals surface area contributed by atoms with Gasteiger partial charge in [0.05, 0.1) is 32.1 Å². The Balaban J connectivity index is 3.29. The first-order chi connectivity index (χ1) is 7.24. The van der Waals surface area contributed by atoms with Crippen LogP contribution in [0.1, 0.15) is 16.7 Å². The summed E-state index contributed by atoms with van der Waals surface area (Å²) in [4.78, 5) is 0. The number of hydrogen-bond donors (Lipinski definition) is 0. The van der Waals surface area contributed by atoms with Crippen molar-refractivity contribution in [2.75, 3.05) is 7.11 Å². The molecule has 1 aromatic carbocycles. The molecular formula is C12H12N2O. The van der Waals surface area contributed by atoms with Gasteiger partial charge in [-0.25, -0.2) is 0 Å². The summed E-state index contributed by atoms with van der Waals surface area (Å²) in [6.07, 6.45) is 0.621. The summed E-state index contributed by atoms with van der Waals surface area (Å²) in [5.74, 6) is 0.679. The summed E-state index contributed by atoms with van der Waals surface area (Å²) in [5, 5.41) is 17.4. The molecule has 0 atom stereocenters. The predicted molar refractivity (Wildman–Crippen MR) is 56.4 cm³/mol. The zero-order valence-electron chi connectivity index (χ0n) is 8.87. The highest BCUT2D eigenvalue weighted by molar-refractivity contribution is 5.48. The summed E-state index contributed by atoms with van der Waals surface area (Å²) < 4.78 is 5.26. The van der Waals surface area contributed by atoms with Crippen molar-refractivity contribution in [3.05, 3.63) is 28.8 Å². The number of aryl methyl sites for hydroxylation is 1. The Hall–Kier alpha value is -2.00. The van der Waals surface area contributed by atoms with Crippen LogP contribution in [0.2, 0.25) is 0 Å². The number of benzene rings is 1. The fraction of sp³-hybridized carbons (Fsp3) is 0.333. The Kier molecular flexibility index (Phi) is 3.71. The lowest BCUT2D eigenvalue weighted by Crippen LogP contribution is -1.99. The minimum atomic E-state index is 0.307. The quantitative estimate of drug-likeness (QED) is 0.751. The van der Waals surface area contributed by atoms with Crippen molar-refractivity contribution in [1.29, 1.82) is 10.5 Å². The number of nitrogens with zero attached hydrogens (tertiary/aromatic N) is 2. The van der Waals surface area contributed by atoms with Crippen LogP contribution in [-0.4, -0.2) is 7.11 Å². The van der Waals surface area contributed by atoms with Crippen molar-refractivity contribution in [2.24, 2.45) is 0 Å². The van der Waals surface area contributed by atoms with Crippen LogP contribution in [0, 0.1) is 29.6 Å². The van der Waals surface area contributed by atoms with Gasteiger partial charge >= 0.3 is 0 Å². The fourth-order valence-electron chi connectivity index (χ4n) is 1.55. The SMILES string of the molecule is COc1c(CC#N)ccc(C)c1CC#N. The van der Waals surface area contributed by atoms with E-state index < -0.39 is 0 Å². The van der Waals surface area contributed by atoms with Crippen molar-refractivity contribution in [2.45, 2.75) is 19.8 Å². The Morgan fingerprint density at radius 1 is 1.20 bits per heavy atom. The van der Waals surface area contributed by atoms with Crippen molar-refractivity contribution >= 4 is 0 Å². The topological polar surface area (TPSA) is 56.8 Å². The Bertz CT molecular complexity index is 438. The minimum Gasteiger partial charge on any atom is -0.496 e. The van der Waals surface area contributed by atoms with Gasteiger partial charge in [-0.2, -0.15) is 10.5 Å². The van der Waals surface area contributed by atoms with Gasteiger partial charge in [0.2, 0.25) is 0 Å². The normalized spacial score (nSPS) is 9.07. The van der Waals surface area contributed by atoms with E-state index >= 15 is 0 Å². The molecule has 3 heteroatoms. The zero-order valence-corrected chi connectivity index (χ0v) is 8.87. The largest absolute Gasteiger partial charge is 0.496 e. The van der Waals surface area contributed by atoms with Crippen LogP contribution in [-0.2, 0) is 12.8 Å². The lowest BCUT2D eigenvalue weighted by molar-refractivity contribution is 0.406. The highest BCUT2D eigenvalue weighted by Crippen LogP contribution is 2.27. The zero-order chi connectivity index (χ0) is 11.3. The van der Waals surface area contributed by atoms with E-state index in [4.69, 9.17) is 15.3 Å². The Morgan fingerprint density at radius 2 is 1.87 bits per heavy atom. The molecule has 0 heterocycles. The summed E-state index contributed by atoms with van der Waals surface area (Å²) in [6.45, 7) is 1.94. The molecule has 0 spiro atoms. The molecule has 0 aromatic heterocycles. The van der Waals surface area contributed by atoms with E-state index in [2.05, 4.69) is 12.1 Å². The molecule has 0 unspecified atom stereocenters. The van der Waals surface area contributed by atoms with Gasteiger partial charge in [-0.05, 0) is 12.5 Å². The monoisotopic (exact) mass is 200 g/mol. The second-order valence-corrected chi connectivity index (χ2v) is 3.22. The second-order valence-electron chi connectivity index (χ2n) is 3.22. The van der Waals surface area contributed by atoms with E-state index in [-0.39, 0.29) is 0 Å². The third kappa shape index (κ3) is 2.27. The van der Waals surface area contributed by atoms with E-state index in [1.807, 2.05) is 19.1 Å². The van der Waals surface area contributed by atoms with E-state index in [9.17, 15) is 0 Å². The van der Waals surface area contributed by atoms with E-state index in [1.165, 1.54) is 0 Å². The summed E-state index contributed by atoms with van der Waals surface area (Å²) >= 11 is 0. The van der Waals surface area contributed by atoms with Crippen LogP contribution in [0.4, 0.5) is 0 Å². The standard InChI is InChI=1S/C12H12N2O/c1-9-3-4-10(5-7-13)12(15-2)11(9)6-8-14/h3-4H,5-6H2,1-2H3. The molecule has 0 aliphatic carbocycles. The number of hydrogen-bond acceptors (Lipinski definition) is 3. The average Bonchev–Trinajstić information content (AvgIpc) is 2.24. The molecule has 0 aliphatic heterocycles. The Labute approximate surface area is 89.5 Å². The number of nitriles is 2. The summed E-state index contributed by atoms with van der Waals surface area (Å²) in [7, 11) is 1.57. The van der Waals surface area contributed by atoms with E-state index in [0.717, 1.165) is 16.7 Å². The van der Waals surface area contributed by atoms with Crippen molar-refractivity contribution in [3.8, 4) is 17.9 Å². The molecule has 1 rings (SSSR count). The van der Waals surface area contributed by atoms with Crippen LogP contribution in [0.5, 0.6) is 5.75 Å². The summed E-state index contributed by atoms with van der Waals surface area (Å²) in [6, 6.07) is 7.98. The second kappa shape index (κ2) is 5.02. The van der Waals surface area contributed by atoms with Crippen LogP contribution in [0.25, 0.3) is 0 Å². The molecule has 3 nitrogen and oxygen atoms in total. The highest BCUT2D eigenvalue weighted by atomic mass is 16.5. The molecule has 15 heavy (non-hydrogen) atoms. The number of rotatable bonds is 3. The van der Waals surface area contributed by atoms with Gasteiger partial charge < -0.3 is 4.74 Å². The highest BCUT2D eigenvalue weighted by Gasteiger charge is 2.11. The molecule has 0 saturated carbocycles. The first-order valence-electron chi connectivity index (χ1n) is 4.63. The third-order valence-electron chi connectivity index (χ3n) is 2.31. The Morgan fingerprint density at radius 3 is 2.40 bits per heavy atom. The molecule has 76 valence electrons. The molecule has 1 aromatic rings. The minimum absolute atomic E-state index is 0.307. The molecule has 0 N–H and O–H groups in total. The third-order valence-corrected chi connectivity index (χ3v) is 2.31. The molecule has 0 radical (unpaired) electrons. The van der Waals surface area contributed by atoms with Gasteiger partial charge in [0, 0.05) is 11.1 Å². The maximum atomic E-state index is 8.71. The summed E-state index contributed by atoms with van der Waals surface area (Å²) in [5.41, 5.74) is 2.75. The lowest BCUT2D eigenvalue weighted by Gasteiger charge is -2.12. The van der Waals surface area contributed by atoms with Gasteiger partial charge in [-0.1, -0.05) is 12.1 Å². The molecule has 0 amide bonds. The van der Waals surface area contributed by atoms with Gasteiger partial charge in [0.1, 0.15) is 5.75 Å². The molecule has 0 fully saturated rings. The van der Waals surface area contributed by atoms with Crippen molar-refractivity contribution in [3.63, 3.8) is 0 Å². The maximum Gasteiger partial charge on any atom is 0.127 e. The molecular weight excluding hydrogens is 188 g/mol. The van der Waals surface area contributed by atoms with E-state index in [0.29, 0.717) is 18.6 Å². The van der Waals surface area contributed by atoms with Crippen LogP contribution < -0.4 is 4.74 Å². The number of methoxy groups -OCH3 is 1. The van der Waals surface area contributed by atoms with Crippen LogP contribution >= 0.6 is 0 Å². The van der Waals surface area contributed by atoms with E-state index in [1.54, 1.807) is 7.11 Å². The van der Waals surface area contributed by atoms with Gasteiger partial charge in [0.15, 0.2) is 0 Å². The van der Waals surface area contributed by atoms with Crippen molar-refractivity contribution in [1.82, 2.24) is 0 Å². The van der Waals surface area contributed by atoms with Gasteiger partial charge in [-0.3, -0.25) is 0 Å². The first kappa shape index (κ1) is 11.1. The first-order valence-corrected chi connectivity index (χ1v) is 4.63. The van der Waals surface area contributed by atoms with Gasteiger partial charge in [-0.15, -0.1) is 0 Å². The fourth-order valence-corrected chi connectivity index (χ4v) is 1.55. The lowest BCUT2D eigenvalue weighted by atomic mass is 9.99. The van der Waals surface area contributed by atoms with Gasteiger partial charge in [0.25, 0.3) is 0 Å². The number of ether oxygens (including phenoxy) is 1.